The fraction of sp³-hybridized carbons (Fsp3) is 0.500. The average molecular weight is 429 g/mol. The first kappa shape index (κ1) is 21.6. The minimum atomic E-state index is -4.42. The Bertz CT molecular complexity index is 858. The van der Waals surface area contributed by atoms with Crippen molar-refractivity contribution >= 4 is 18.3 Å². The lowest BCUT2D eigenvalue weighted by Crippen LogP contribution is -2.38. The van der Waals surface area contributed by atoms with Gasteiger partial charge in [-0.15, -0.1) is 12.4 Å². The van der Waals surface area contributed by atoms with E-state index < -0.39 is 11.7 Å². The summed E-state index contributed by atoms with van der Waals surface area (Å²) in [6, 6.07) is 5.07. The van der Waals surface area contributed by atoms with Gasteiger partial charge in [0.15, 0.2) is 0 Å². The van der Waals surface area contributed by atoms with Gasteiger partial charge in [0.05, 0.1) is 28.7 Å². The fourth-order valence-electron chi connectivity index (χ4n) is 3.73. The summed E-state index contributed by atoms with van der Waals surface area (Å²) in [5, 5.41) is 10.6. The average Bonchev–Trinajstić information content (AvgIpc) is 3.44. The zero-order chi connectivity index (χ0) is 19.7. The Morgan fingerprint density at radius 1 is 1.28 bits per heavy atom. The molecule has 1 amide bonds. The molecule has 158 valence electrons. The Kier molecular flexibility index (Phi) is 6.53. The van der Waals surface area contributed by atoms with E-state index in [1.54, 1.807) is 6.07 Å². The highest BCUT2D eigenvalue weighted by Crippen LogP contribution is 2.42. The molecule has 1 saturated heterocycles. The van der Waals surface area contributed by atoms with Gasteiger partial charge in [0.2, 0.25) is 0 Å². The Hall–Kier alpha value is -2.06. The molecule has 29 heavy (non-hydrogen) atoms. The minimum Gasteiger partial charge on any atom is -0.352 e. The van der Waals surface area contributed by atoms with Crippen molar-refractivity contribution in [2.45, 2.75) is 37.8 Å². The maximum Gasteiger partial charge on any atom is 0.416 e. The molecule has 1 unspecified atom stereocenters. The number of aromatic nitrogens is 2. The molecule has 4 rings (SSSR count). The lowest BCUT2D eigenvalue weighted by molar-refractivity contribution is -0.137. The van der Waals surface area contributed by atoms with Crippen molar-refractivity contribution in [1.82, 2.24) is 20.4 Å². The molecule has 0 bridgehead atoms. The van der Waals surface area contributed by atoms with Crippen LogP contribution in [-0.2, 0) is 6.18 Å². The molecule has 2 aromatic rings. The first-order chi connectivity index (χ1) is 13.4. The maximum atomic E-state index is 13.1. The molecule has 1 aromatic carbocycles. The van der Waals surface area contributed by atoms with E-state index >= 15 is 0 Å². The van der Waals surface area contributed by atoms with Crippen molar-refractivity contribution in [2.24, 2.45) is 5.92 Å². The van der Waals surface area contributed by atoms with Crippen LogP contribution in [0.25, 0.3) is 5.69 Å². The van der Waals surface area contributed by atoms with E-state index in [4.69, 9.17) is 0 Å². The standard InChI is InChI=1S/C20H23F3N4O.ClH/c21-20(22,23)15-4-1-5-16(9-15)27-18(14-6-7-14)17(12-26-27)19(28)25-11-13-3-2-8-24-10-13;/h1,4-5,9,12-14,24H,2-3,6-8,10-11H2,(H,25,28);1H. The minimum absolute atomic E-state index is 0. The molecule has 2 heterocycles. The summed E-state index contributed by atoms with van der Waals surface area (Å²) in [4.78, 5) is 12.7. The summed E-state index contributed by atoms with van der Waals surface area (Å²) < 4.78 is 40.7. The van der Waals surface area contributed by atoms with Crippen molar-refractivity contribution in [3.63, 3.8) is 0 Å². The Balaban J connectivity index is 0.00000240. The van der Waals surface area contributed by atoms with Crippen molar-refractivity contribution in [1.29, 1.82) is 0 Å². The van der Waals surface area contributed by atoms with Crippen LogP contribution < -0.4 is 10.6 Å². The predicted octanol–water partition coefficient (Wildman–Crippen LogP) is 3.92. The number of rotatable bonds is 5. The molecule has 1 aliphatic heterocycles. The van der Waals surface area contributed by atoms with Gasteiger partial charge in [-0.1, -0.05) is 6.07 Å². The van der Waals surface area contributed by atoms with Crippen LogP contribution in [0.3, 0.4) is 0 Å². The van der Waals surface area contributed by atoms with E-state index in [2.05, 4.69) is 15.7 Å². The molecular weight excluding hydrogens is 405 g/mol. The van der Waals surface area contributed by atoms with Gasteiger partial charge >= 0.3 is 6.18 Å². The summed E-state index contributed by atoms with van der Waals surface area (Å²) in [5.74, 6) is 0.362. The van der Waals surface area contributed by atoms with E-state index in [0.717, 1.165) is 50.9 Å². The van der Waals surface area contributed by atoms with Crippen LogP contribution in [0, 0.1) is 5.92 Å². The summed E-state index contributed by atoms with van der Waals surface area (Å²) >= 11 is 0. The van der Waals surface area contributed by atoms with Gasteiger partial charge in [-0.25, -0.2) is 4.68 Å². The van der Waals surface area contributed by atoms with E-state index in [9.17, 15) is 18.0 Å². The molecule has 1 atom stereocenters. The van der Waals surface area contributed by atoms with E-state index in [1.807, 2.05) is 0 Å². The Morgan fingerprint density at radius 3 is 2.72 bits per heavy atom. The SMILES string of the molecule is Cl.O=C(NCC1CCCNC1)c1cnn(-c2cccc(C(F)(F)F)c2)c1C1CC1. The number of benzene rings is 1. The normalized spacial score (nSPS) is 19.5. The number of nitrogens with one attached hydrogen (secondary N) is 2. The maximum absolute atomic E-state index is 13.1. The van der Waals surface area contributed by atoms with Crippen LogP contribution in [0.4, 0.5) is 13.2 Å². The van der Waals surface area contributed by atoms with Crippen LogP contribution in [0.1, 0.15) is 53.2 Å². The molecule has 5 nitrogen and oxygen atoms in total. The van der Waals surface area contributed by atoms with Gasteiger partial charge in [-0.05, 0) is 62.9 Å². The van der Waals surface area contributed by atoms with E-state index in [0.29, 0.717) is 29.4 Å². The molecule has 1 saturated carbocycles. The zero-order valence-electron chi connectivity index (χ0n) is 15.8. The largest absolute Gasteiger partial charge is 0.416 e. The third kappa shape index (κ3) is 4.93. The van der Waals surface area contributed by atoms with Crippen LogP contribution >= 0.6 is 12.4 Å². The lowest BCUT2D eigenvalue weighted by Gasteiger charge is -2.22. The van der Waals surface area contributed by atoms with Gasteiger partial charge in [0, 0.05) is 12.5 Å². The van der Waals surface area contributed by atoms with Gasteiger partial charge in [0.1, 0.15) is 0 Å². The first-order valence-electron chi connectivity index (χ1n) is 9.68. The Labute approximate surface area is 173 Å². The fourth-order valence-corrected chi connectivity index (χ4v) is 3.73. The second-order valence-corrected chi connectivity index (χ2v) is 7.60. The number of hydrogen-bond donors (Lipinski definition) is 2. The summed E-state index contributed by atoms with van der Waals surface area (Å²) in [7, 11) is 0. The predicted molar refractivity (Wildman–Crippen MR) is 106 cm³/mol. The summed E-state index contributed by atoms with van der Waals surface area (Å²) in [6.07, 6.45) is 1.06. The molecule has 0 radical (unpaired) electrons. The van der Waals surface area contributed by atoms with Crippen molar-refractivity contribution in [3.8, 4) is 5.69 Å². The highest BCUT2D eigenvalue weighted by molar-refractivity contribution is 5.95. The van der Waals surface area contributed by atoms with Crippen molar-refractivity contribution in [2.75, 3.05) is 19.6 Å². The smallest absolute Gasteiger partial charge is 0.352 e. The number of hydrogen-bond acceptors (Lipinski definition) is 3. The number of carbonyl (C=O) groups excluding carboxylic acids is 1. The highest BCUT2D eigenvalue weighted by Gasteiger charge is 2.34. The quantitative estimate of drug-likeness (QED) is 0.758. The Morgan fingerprint density at radius 2 is 2.07 bits per heavy atom. The van der Waals surface area contributed by atoms with Crippen LogP contribution in [0.2, 0.25) is 0 Å². The number of piperidine rings is 1. The van der Waals surface area contributed by atoms with Gasteiger partial charge in [-0.2, -0.15) is 18.3 Å². The monoisotopic (exact) mass is 428 g/mol. The van der Waals surface area contributed by atoms with Crippen LogP contribution in [-0.4, -0.2) is 35.3 Å². The van der Waals surface area contributed by atoms with E-state index in [1.165, 1.54) is 16.9 Å². The summed E-state index contributed by atoms with van der Waals surface area (Å²) in [5.41, 5.74) is 0.771. The number of nitrogens with zero attached hydrogens (tertiary/aromatic N) is 2. The van der Waals surface area contributed by atoms with Gasteiger partial charge in [0.25, 0.3) is 5.91 Å². The van der Waals surface area contributed by atoms with Crippen LogP contribution in [0.15, 0.2) is 30.5 Å². The number of halogens is 4. The third-order valence-corrected chi connectivity index (χ3v) is 5.38. The number of alkyl halides is 3. The number of amides is 1. The number of carbonyl (C=O) groups is 1. The lowest BCUT2D eigenvalue weighted by atomic mass is 9.99. The first-order valence-corrected chi connectivity index (χ1v) is 9.68. The molecule has 2 N–H and O–H groups in total. The zero-order valence-corrected chi connectivity index (χ0v) is 16.7. The molecule has 2 aliphatic rings. The second kappa shape index (κ2) is 8.75. The van der Waals surface area contributed by atoms with Gasteiger partial charge < -0.3 is 10.6 Å². The molecule has 1 aromatic heterocycles. The third-order valence-electron chi connectivity index (χ3n) is 5.38. The van der Waals surface area contributed by atoms with Crippen molar-refractivity contribution in [3.05, 3.63) is 47.3 Å². The second-order valence-electron chi connectivity index (χ2n) is 7.60. The van der Waals surface area contributed by atoms with E-state index in [-0.39, 0.29) is 24.2 Å². The molecule has 1 aliphatic carbocycles. The topological polar surface area (TPSA) is 59.0 Å². The summed E-state index contributed by atoms with van der Waals surface area (Å²) in [6.45, 7) is 2.49. The molecular formula is C20H24ClF3N4O. The molecule has 0 spiro atoms. The van der Waals surface area contributed by atoms with Gasteiger partial charge in [-0.3, -0.25) is 4.79 Å². The highest BCUT2D eigenvalue weighted by atomic mass is 35.5. The molecule has 2 fully saturated rings. The van der Waals surface area contributed by atoms with Crippen LogP contribution in [0.5, 0.6) is 0 Å². The molecule has 9 heteroatoms. The van der Waals surface area contributed by atoms with Crippen molar-refractivity contribution < 1.29 is 18.0 Å².